The van der Waals surface area contributed by atoms with E-state index in [1.807, 2.05) is 24.3 Å². The number of aromatic amines is 1. The molecule has 0 unspecified atom stereocenters. The van der Waals surface area contributed by atoms with Crippen molar-refractivity contribution in [3.05, 3.63) is 40.7 Å². The average Bonchev–Trinajstić information content (AvgIpc) is 2.73. The van der Waals surface area contributed by atoms with Crippen LogP contribution in [-0.2, 0) is 6.54 Å². The predicted octanol–water partition coefficient (Wildman–Crippen LogP) is 3.31. The maximum Gasteiger partial charge on any atom is 0.137 e. The lowest BCUT2D eigenvalue weighted by Crippen LogP contribution is -2.02. The molecule has 0 aliphatic heterocycles. The van der Waals surface area contributed by atoms with E-state index in [0.717, 1.165) is 22.8 Å². The molecule has 2 rings (SSSR count). The number of hydrogen-bond donors (Lipinski definition) is 2. The summed E-state index contributed by atoms with van der Waals surface area (Å²) >= 11 is 5.97. The molecule has 17 heavy (non-hydrogen) atoms. The van der Waals surface area contributed by atoms with Crippen LogP contribution >= 0.6 is 11.6 Å². The lowest BCUT2D eigenvalue weighted by Gasteiger charge is -2.01. The predicted molar refractivity (Wildman–Crippen MR) is 71.0 cm³/mol. The molecule has 2 aromatic rings. The quantitative estimate of drug-likeness (QED) is 0.877. The van der Waals surface area contributed by atoms with Gasteiger partial charge in [-0.2, -0.15) is 0 Å². The summed E-state index contributed by atoms with van der Waals surface area (Å²) in [6, 6.07) is 7.64. The lowest BCUT2D eigenvalue weighted by molar-refractivity contribution is 0.806. The summed E-state index contributed by atoms with van der Waals surface area (Å²) < 4.78 is 0. The molecule has 0 atom stereocenters. The normalized spacial score (nSPS) is 11.1. The molecular formula is C13H16ClN3. The summed E-state index contributed by atoms with van der Waals surface area (Å²) in [5.74, 6) is 1.19. The summed E-state index contributed by atoms with van der Waals surface area (Å²) in [6.45, 7) is 4.69. The molecular weight excluding hydrogens is 234 g/mol. The van der Waals surface area contributed by atoms with Crippen molar-refractivity contribution in [2.75, 3.05) is 0 Å². The molecule has 1 aromatic heterocycles. The van der Waals surface area contributed by atoms with Gasteiger partial charge >= 0.3 is 0 Å². The third-order valence-corrected chi connectivity index (χ3v) is 2.89. The van der Waals surface area contributed by atoms with Gasteiger partial charge < -0.3 is 10.7 Å². The van der Waals surface area contributed by atoms with E-state index in [1.165, 1.54) is 0 Å². The Morgan fingerprint density at radius 1 is 1.41 bits per heavy atom. The van der Waals surface area contributed by atoms with Crippen LogP contribution in [0.2, 0.25) is 5.02 Å². The highest BCUT2D eigenvalue weighted by Gasteiger charge is 2.13. The number of nitrogens with one attached hydrogen (secondary N) is 1. The van der Waals surface area contributed by atoms with E-state index in [4.69, 9.17) is 17.3 Å². The molecule has 0 aliphatic carbocycles. The largest absolute Gasteiger partial charge is 0.341 e. The highest BCUT2D eigenvalue weighted by Crippen LogP contribution is 2.24. The third-order valence-electron chi connectivity index (χ3n) is 2.66. The van der Waals surface area contributed by atoms with Gasteiger partial charge in [-0.1, -0.05) is 37.6 Å². The lowest BCUT2D eigenvalue weighted by atomic mass is 10.1. The van der Waals surface area contributed by atoms with Gasteiger partial charge in [0.05, 0.1) is 11.4 Å². The van der Waals surface area contributed by atoms with E-state index in [1.54, 1.807) is 0 Å². The second-order valence-electron chi connectivity index (χ2n) is 4.32. The van der Waals surface area contributed by atoms with E-state index < -0.39 is 0 Å². The second kappa shape index (κ2) is 4.90. The minimum atomic E-state index is 0.359. The molecule has 1 heterocycles. The van der Waals surface area contributed by atoms with Crippen molar-refractivity contribution in [3.63, 3.8) is 0 Å². The molecule has 90 valence electrons. The number of imidazole rings is 1. The number of aromatic nitrogens is 2. The Kier molecular flexibility index (Phi) is 3.50. The third kappa shape index (κ3) is 2.51. The van der Waals surface area contributed by atoms with Gasteiger partial charge in [0.25, 0.3) is 0 Å². The number of nitrogens with two attached hydrogens (primary N) is 1. The Morgan fingerprint density at radius 3 is 2.71 bits per heavy atom. The number of benzene rings is 1. The molecule has 0 saturated heterocycles. The van der Waals surface area contributed by atoms with Crippen molar-refractivity contribution in [2.24, 2.45) is 5.73 Å². The zero-order valence-corrected chi connectivity index (χ0v) is 10.8. The Morgan fingerprint density at radius 2 is 2.18 bits per heavy atom. The maximum atomic E-state index is 5.97. The van der Waals surface area contributed by atoms with Crippen molar-refractivity contribution in [1.82, 2.24) is 9.97 Å². The van der Waals surface area contributed by atoms with Crippen molar-refractivity contribution in [1.29, 1.82) is 0 Å². The molecule has 0 aliphatic rings. The Balaban J connectivity index is 2.46. The smallest absolute Gasteiger partial charge is 0.137 e. The van der Waals surface area contributed by atoms with Crippen molar-refractivity contribution in [2.45, 2.75) is 26.3 Å². The SMILES string of the molecule is CC(C)c1nc(-c2cccc(Cl)c2)[nH]c1CN. The molecule has 0 amide bonds. The van der Waals surface area contributed by atoms with Crippen LogP contribution in [0.5, 0.6) is 0 Å². The Bertz CT molecular complexity index is 517. The Labute approximate surface area is 106 Å². The number of nitrogens with zero attached hydrogens (tertiary/aromatic N) is 1. The minimum Gasteiger partial charge on any atom is -0.341 e. The van der Waals surface area contributed by atoms with E-state index in [9.17, 15) is 0 Å². The van der Waals surface area contributed by atoms with Gasteiger partial charge in [-0.15, -0.1) is 0 Å². The van der Waals surface area contributed by atoms with Gasteiger partial charge in [-0.05, 0) is 18.1 Å². The van der Waals surface area contributed by atoms with Gasteiger partial charge in [0.15, 0.2) is 0 Å². The van der Waals surface area contributed by atoms with Gasteiger partial charge in [0.2, 0.25) is 0 Å². The average molecular weight is 250 g/mol. The first-order valence-corrected chi connectivity index (χ1v) is 6.04. The van der Waals surface area contributed by atoms with E-state index >= 15 is 0 Å². The maximum absolute atomic E-state index is 5.97. The standard InChI is InChI=1S/C13H16ClN3/c1-8(2)12-11(7-15)16-13(17-12)9-4-3-5-10(14)6-9/h3-6,8H,7,15H2,1-2H3,(H,16,17). The topological polar surface area (TPSA) is 54.7 Å². The van der Waals surface area contributed by atoms with E-state index in [0.29, 0.717) is 17.5 Å². The van der Waals surface area contributed by atoms with Crippen molar-refractivity contribution < 1.29 is 0 Å². The van der Waals surface area contributed by atoms with Crippen LogP contribution in [0.25, 0.3) is 11.4 Å². The fraction of sp³-hybridized carbons (Fsp3) is 0.308. The van der Waals surface area contributed by atoms with Crippen molar-refractivity contribution in [3.8, 4) is 11.4 Å². The second-order valence-corrected chi connectivity index (χ2v) is 4.75. The number of halogens is 1. The molecule has 0 bridgehead atoms. The zero-order chi connectivity index (χ0) is 12.4. The van der Waals surface area contributed by atoms with Gasteiger partial charge in [-0.3, -0.25) is 0 Å². The fourth-order valence-electron chi connectivity index (χ4n) is 1.83. The molecule has 3 nitrogen and oxygen atoms in total. The van der Waals surface area contributed by atoms with Crippen LogP contribution in [0.3, 0.4) is 0 Å². The first-order valence-electron chi connectivity index (χ1n) is 5.66. The van der Waals surface area contributed by atoms with E-state index in [-0.39, 0.29) is 0 Å². The first kappa shape index (κ1) is 12.1. The highest BCUT2D eigenvalue weighted by molar-refractivity contribution is 6.30. The van der Waals surface area contributed by atoms with Crippen LogP contribution in [0.4, 0.5) is 0 Å². The molecule has 0 saturated carbocycles. The van der Waals surface area contributed by atoms with Crippen LogP contribution in [0.15, 0.2) is 24.3 Å². The Hall–Kier alpha value is -1.32. The molecule has 0 spiro atoms. The highest BCUT2D eigenvalue weighted by atomic mass is 35.5. The van der Waals surface area contributed by atoms with E-state index in [2.05, 4.69) is 23.8 Å². The summed E-state index contributed by atoms with van der Waals surface area (Å²) in [5.41, 5.74) is 8.72. The monoisotopic (exact) mass is 249 g/mol. The summed E-state index contributed by atoms with van der Waals surface area (Å²) in [7, 11) is 0. The van der Waals surface area contributed by atoms with Crippen LogP contribution in [0, 0.1) is 0 Å². The van der Waals surface area contributed by atoms with Crippen LogP contribution in [-0.4, -0.2) is 9.97 Å². The first-order chi connectivity index (χ1) is 8.11. The number of H-pyrrole nitrogens is 1. The molecule has 0 fully saturated rings. The molecule has 3 N–H and O–H groups in total. The van der Waals surface area contributed by atoms with Gasteiger partial charge in [0.1, 0.15) is 5.82 Å². The van der Waals surface area contributed by atoms with Gasteiger partial charge in [-0.25, -0.2) is 4.98 Å². The van der Waals surface area contributed by atoms with Crippen molar-refractivity contribution >= 4 is 11.6 Å². The van der Waals surface area contributed by atoms with Crippen LogP contribution < -0.4 is 5.73 Å². The number of rotatable bonds is 3. The van der Waals surface area contributed by atoms with Crippen LogP contribution in [0.1, 0.15) is 31.2 Å². The summed E-state index contributed by atoms with van der Waals surface area (Å²) in [6.07, 6.45) is 0. The molecule has 4 heteroatoms. The number of hydrogen-bond acceptors (Lipinski definition) is 2. The zero-order valence-electron chi connectivity index (χ0n) is 10.00. The molecule has 1 aromatic carbocycles. The van der Waals surface area contributed by atoms with Gasteiger partial charge in [0, 0.05) is 17.1 Å². The summed E-state index contributed by atoms with van der Waals surface area (Å²) in [4.78, 5) is 7.86. The minimum absolute atomic E-state index is 0.359. The molecule has 0 radical (unpaired) electrons. The summed E-state index contributed by atoms with van der Waals surface area (Å²) in [5, 5.41) is 0.708. The fourth-order valence-corrected chi connectivity index (χ4v) is 2.02.